The molecule has 1 atom stereocenters. The van der Waals surface area contributed by atoms with Crippen molar-refractivity contribution >= 4 is 16.8 Å². The first-order valence-electron chi connectivity index (χ1n) is 13.0. The van der Waals surface area contributed by atoms with E-state index < -0.39 is 0 Å². The van der Waals surface area contributed by atoms with Gasteiger partial charge in [-0.3, -0.25) is 9.69 Å². The molecule has 0 spiro atoms. The first-order chi connectivity index (χ1) is 17.6. The molecular weight excluding hydrogens is 446 g/mol. The number of piperazine rings is 1. The Balaban J connectivity index is 1.41. The topological polar surface area (TPSA) is 37.7 Å². The summed E-state index contributed by atoms with van der Waals surface area (Å²) in [6.45, 7) is 8.99. The lowest BCUT2D eigenvalue weighted by Gasteiger charge is -2.35. The predicted octanol–water partition coefficient (Wildman–Crippen LogP) is 5.82. The van der Waals surface area contributed by atoms with Crippen LogP contribution in [0.5, 0.6) is 5.75 Å². The molecule has 1 aliphatic heterocycles. The van der Waals surface area contributed by atoms with Crippen LogP contribution in [0.25, 0.3) is 10.9 Å². The van der Waals surface area contributed by atoms with E-state index in [4.69, 9.17) is 4.74 Å². The van der Waals surface area contributed by atoms with Gasteiger partial charge >= 0.3 is 0 Å². The normalized spacial score (nSPS) is 15.2. The highest BCUT2D eigenvalue weighted by Gasteiger charge is 2.26. The maximum Gasteiger partial charge on any atom is 0.270 e. The number of carbonyl (C=O) groups excluding carboxylic acids is 1. The number of benzene rings is 3. The molecule has 5 rings (SSSR count). The fraction of sp³-hybridized carbons (Fsp3) is 0.323. The van der Waals surface area contributed by atoms with Crippen LogP contribution in [-0.2, 0) is 13.1 Å². The van der Waals surface area contributed by atoms with E-state index in [0.29, 0.717) is 6.54 Å². The molecule has 0 bridgehead atoms. The molecule has 36 heavy (non-hydrogen) atoms. The van der Waals surface area contributed by atoms with Crippen LogP contribution in [0.2, 0.25) is 0 Å². The Labute approximate surface area is 213 Å². The van der Waals surface area contributed by atoms with Gasteiger partial charge in [-0.1, -0.05) is 73.7 Å². The third kappa shape index (κ3) is 5.31. The molecule has 1 aliphatic rings. The van der Waals surface area contributed by atoms with Crippen molar-refractivity contribution in [2.75, 3.05) is 26.2 Å². The van der Waals surface area contributed by atoms with Crippen molar-refractivity contribution < 1.29 is 9.53 Å². The van der Waals surface area contributed by atoms with Gasteiger partial charge in [0.05, 0.1) is 11.6 Å². The molecule has 0 saturated carbocycles. The van der Waals surface area contributed by atoms with Crippen LogP contribution in [0.4, 0.5) is 0 Å². The first kappa shape index (κ1) is 24.1. The third-order valence-corrected chi connectivity index (χ3v) is 7.12. The van der Waals surface area contributed by atoms with E-state index in [1.165, 1.54) is 11.1 Å². The van der Waals surface area contributed by atoms with Crippen LogP contribution >= 0.6 is 0 Å². The van der Waals surface area contributed by atoms with Crippen LogP contribution in [0.15, 0.2) is 84.9 Å². The lowest BCUT2D eigenvalue weighted by atomic mass is 10.2. The zero-order valence-electron chi connectivity index (χ0n) is 21.3. The number of fused-ring (bicyclic) bond motifs is 1. The highest BCUT2D eigenvalue weighted by molar-refractivity contribution is 6.00. The van der Waals surface area contributed by atoms with Gasteiger partial charge in [0, 0.05) is 44.7 Å². The summed E-state index contributed by atoms with van der Waals surface area (Å²) in [6.07, 6.45) is 1.05. The maximum atomic E-state index is 13.9. The fourth-order valence-corrected chi connectivity index (χ4v) is 4.89. The molecule has 4 aromatic rings. The molecule has 5 heteroatoms. The van der Waals surface area contributed by atoms with Gasteiger partial charge in [0.1, 0.15) is 11.4 Å². The average molecular weight is 482 g/mol. The van der Waals surface area contributed by atoms with E-state index in [-0.39, 0.29) is 12.0 Å². The second-order valence-electron chi connectivity index (χ2n) is 9.68. The fourth-order valence-electron chi connectivity index (χ4n) is 4.89. The van der Waals surface area contributed by atoms with Crippen molar-refractivity contribution in [3.8, 4) is 5.75 Å². The monoisotopic (exact) mass is 481 g/mol. The summed E-state index contributed by atoms with van der Waals surface area (Å²) in [5, 5.41) is 1.000. The Morgan fingerprint density at radius 3 is 2.11 bits per heavy atom. The number of nitrogens with zero attached hydrogens (tertiary/aromatic N) is 3. The number of amides is 1. The van der Waals surface area contributed by atoms with Crippen molar-refractivity contribution in [3.05, 3.63) is 102 Å². The molecule has 186 valence electrons. The summed E-state index contributed by atoms with van der Waals surface area (Å²) in [7, 11) is 0. The SMILES string of the molecule is CC[C@H](C)Oc1cccc2c1cc(C(=O)N1CCN(Cc3ccccc3)CC1)n2Cc1ccccc1. The van der Waals surface area contributed by atoms with Gasteiger partial charge in [-0.05, 0) is 42.7 Å². The highest BCUT2D eigenvalue weighted by atomic mass is 16.5. The van der Waals surface area contributed by atoms with E-state index in [1.54, 1.807) is 0 Å². The smallest absolute Gasteiger partial charge is 0.270 e. The molecule has 0 aliphatic carbocycles. The second kappa shape index (κ2) is 11.0. The lowest BCUT2D eigenvalue weighted by molar-refractivity contribution is 0.0619. The van der Waals surface area contributed by atoms with Crippen LogP contribution < -0.4 is 4.74 Å². The highest BCUT2D eigenvalue weighted by Crippen LogP contribution is 2.31. The Kier molecular flexibility index (Phi) is 7.38. The molecule has 1 fully saturated rings. The molecular formula is C31H35N3O2. The number of ether oxygens (including phenoxy) is 1. The summed E-state index contributed by atoms with van der Waals surface area (Å²) >= 11 is 0. The molecule has 3 aromatic carbocycles. The Hall–Kier alpha value is -3.57. The minimum absolute atomic E-state index is 0.0935. The maximum absolute atomic E-state index is 13.9. The molecule has 0 radical (unpaired) electrons. The summed E-state index contributed by atoms with van der Waals surface area (Å²) in [5.74, 6) is 0.936. The van der Waals surface area contributed by atoms with Crippen molar-refractivity contribution in [2.45, 2.75) is 39.5 Å². The molecule has 0 N–H and O–H groups in total. The van der Waals surface area contributed by atoms with E-state index in [2.05, 4.69) is 65.8 Å². The van der Waals surface area contributed by atoms with Crippen molar-refractivity contribution in [1.82, 2.24) is 14.4 Å². The number of aromatic nitrogens is 1. The summed E-state index contributed by atoms with van der Waals surface area (Å²) in [5.41, 5.74) is 4.25. The van der Waals surface area contributed by atoms with Gasteiger partial charge < -0.3 is 14.2 Å². The summed E-state index contributed by atoms with van der Waals surface area (Å²) in [6, 6.07) is 29.1. The molecule has 0 unspecified atom stereocenters. The van der Waals surface area contributed by atoms with Gasteiger partial charge in [0.2, 0.25) is 0 Å². The van der Waals surface area contributed by atoms with E-state index in [9.17, 15) is 4.79 Å². The Morgan fingerprint density at radius 2 is 1.47 bits per heavy atom. The lowest BCUT2D eigenvalue weighted by Crippen LogP contribution is -2.48. The quantitative estimate of drug-likeness (QED) is 0.318. The van der Waals surface area contributed by atoms with E-state index in [1.807, 2.05) is 47.4 Å². The van der Waals surface area contributed by atoms with Crippen LogP contribution in [0, 0.1) is 0 Å². The van der Waals surface area contributed by atoms with Crippen LogP contribution in [0.3, 0.4) is 0 Å². The van der Waals surface area contributed by atoms with Gasteiger partial charge in [-0.2, -0.15) is 0 Å². The standard InChI is InChI=1S/C31H35N3O2/c1-3-24(2)36-30-16-10-15-28-27(30)21-29(34(28)23-26-13-8-5-9-14-26)31(35)33-19-17-32(18-20-33)22-25-11-6-4-7-12-25/h4-16,21,24H,3,17-20,22-23H2,1-2H3/t24-/m0/s1. The van der Waals surface area contributed by atoms with Crippen molar-refractivity contribution in [1.29, 1.82) is 0 Å². The molecule has 1 amide bonds. The van der Waals surface area contributed by atoms with E-state index >= 15 is 0 Å². The molecule has 5 nitrogen and oxygen atoms in total. The summed E-state index contributed by atoms with van der Waals surface area (Å²) < 4.78 is 8.41. The number of hydrogen-bond acceptors (Lipinski definition) is 3. The summed E-state index contributed by atoms with van der Waals surface area (Å²) in [4.78, 5) is 18.3. The zero-order valence-corrected chi connectivity index (χ0v) is 21.3. The number of hydrogen-bond donors (Lipinski definition) is 0. The van der Waals surface area contributed by atoms with Gasteiger partial charge in [-0.15, -0.1) is 0 Å². The third-order valence-electron chi connectivity index (χ3n) is 7.12. The molecule has 1 aromatic heterocycles. The van der Waals surface area contributed by atoms with Gasteiger partial charge in [0.15, 0.2) is 0 Å². The van der Waals surface area contributed by atoms with Gasteiger partial charge in [-0.25, -0.2) is 0 Å². The number of carbonyl (C=O) groups is 1. The molecule has 1 saturated heterocycles. The van der Waals surface area contributed by atoms with Crippen LogP contribution in [-0.4, -0.2) is 52.6 Å². The zero-order chi connectivity index (χ0) is 24.9. The molecule has 2 heterocycles. The minimum atomic E-state index is 0.0935. The van der Waals surface area contributed by atoms with Crippen molar-refractivity contribution in [2.24, 2.45) is 0 Å². The first-order valence-corrected chi connectivity index (χ1v) is 13.0. The van der Waals surface area contributed by atoms with Crippen LogP contribution in [0.1, 0.15) is 41.9 Å². The van der Waals surface area contributed by atoms with Crippen molar-refractivity contribution in [3.63, 3.8) is 0 Å². The minimum Gasteiger partial charge on any atom is -0.490 e. The van der Waals surface area contributed by atoms with E-state index in [0.717, 1.165) is 61.5 Å². The van der Waals surface area contributed by atoms with Gasteiger partial charge in [0.25, 0.3) is 5.91 Å². The second-order valence-corrected chi connectivity index (χ2v) is 9.68. The predicted molar refractivity (Wildman–Crippen MR) is 145 cm³/mol. The largest absolute Gasteiger partial charge is 0.490 e. The average Bonchev–Trinajstić information content (AvgIpc) is 3.29. The Bertz CT molecular complexity index is 1290. The number of rotatable bonds is 8. The Morgan fingerprint density at radius 1 is 0.833 bits per heavy atom.